The minimum absolute atomic E-state index is 0.0708. The second-order valence-corrected chi connectivity index (χ2v) is 9.45. The van der Waals surface area contributed by atoms with Crippen LogP contribution >= 0.6 is 11.3 Å². The fourth-order valence-corrected chi connectivity index (χ4v) is 5.24. The van der Waals surface area contributed by atoms with Gasteiger partial charge in [0.1, 0.15) is 19.0 Å². The summed E-state index contributed by atoms with van der Waals surface area (Å²) in [4.78, 5) is 30.9. The van der Waals surface area contributed by atoms with E-state index >= 15 is 0 Å². The van der Waals surface area contributed by atoms with Gasteiger partial charge in [0.15, 0.2) is 11.6 Å². The standard InChI is InChI=1S/C27H28F2N2O4S/c1-34-15-6-13-30(27(33)19-7-2-3-8-21(19)28)17-26(32)31-14-11-25-20(12-16-36-25)23(31)18-35-24-10-5-4-9-22(24)29/h2-5,7-10,12,16,23H,6,11,13-15,17-18H2,1H3/t23-/m1/s1. The maximum absolute atomic E-state index is 14.4. The molecule has 9 heteroatoms. The average molecular weight is 515 g/mol. The third-order valence-corrected chi connectivity index (χ3v) is 7.14. The van der Waals surface area contributed by atoms with Crippen molar-refractivity contribution in [2.45, 2.75) is 18.9 Å². The Morgan fingerprint density at radius 2 is 1.83 bits per heavy atom. The number of fused-ring (bicyclic) bond motifs is 1. The Bertz CT molecular complexity index is 1200. The minimum atomic E-state index is -0.635. The van der Waals surface area contributed by atoms with Crippen molar-refractivity contribution in [2.24, 2.45) is 0 Å². The van der Waals surface area contributed by atoms with Gasteiger partial charge in [-0.3, -0.25) is 9.59 Å². The summed E-state index contributed by atoms with van der Waals surface area (Å²) in [6.45, 7) is 0.933. The number of hydrogen-bond acceptors (Lipinski definition) is 5. The number of benzene rings is 2. The van der Waals surface area contributed by atoms with Crippen LogP contribution < -0.4 is 4.74 Å². The fourth-order valence-electron chi connectivity index (χ4n) is 4.32. The van der Waals surface area contributed by atoms with Crippen LogP contribution in [0.25, 0.3) is 0 Å². The molecular formula is C27H28F2N2O4S. The van der Waals surface area contributed by atoms with E-state index in [1.807, 2.05) is 11.4 Å². The quantitative estimate of drug-likeness (QED) is 0.368. The molecule has 0 N–H and O–H groups in total. The first-order chi connectivity index (χ1) is 17.5. The monoisotopic (exact) mass is 514 g/mol. The minimum Gasteiger partial charge on any atom is -0.488 e. The number of hydrogen-bond donors (Lipinski definition) is 0. The molecule has 3 aromatic rings. The van der Waals surface area contributed by atoms with Crippen molar-refractivity contribution in [3.63, 3.8) is 0 Å². The van der Waals surface area contributed by atoms with E-state index in [1.165, 1.54) is 29.2 Å². The van der Waals surface area contributed by atoms with Gasteiger partial charge in [-0.05, 0) is 54.1 Å². The number of nitrogens with zero attached hydrogens (tertiary/aromatic N) is 2. The Balaban J connectivity index is 1.54. The van der Waals surface area contributed by atoms with Crippen LogP contribution in [0.1, 0.15) is 33.3 Å². The zero-order valence-corrected chi connectivity index (χ0v) is 20.8. The van der Waals surface area contributed by atoms with Crippen LogP contribution in [0.2, 0.25) is 0 Å². The van der Waals surface area contributed by atoms with Crippen LogP contribution in [0.4, 0.5) is 8.78 Å². The van der Waals surface area contributed by atoms with Gasteiger partial charge in [0, 0.05) is 31.7 Å². The van der Waals surface area contributed by atoms with E-state index in [-0.39, 0.29) is 36.9 Å². The Kier molecular flexibility index (Phi) is 8.66. The van der Waals surface area contributed by atoms with Gasteiger partial charge in [0.2, 0.25) is 5.91 Å². The molecule has 1 aromatic heterocycles. The molecule has 0 spiro atoms. The Morgan fingerprint density at radius 1 is 1.08 bits per heavy atom. The summed E-state index contributed by atoms with van der Waals surface area (Å²) in [7, 11) is 1.56. The molecule has 4 rings (SSSR count). The van der Waals surface area contributed by atoms with Crippen molar-refractivity contribution in [1.29, 1.82) is 0 Å². The predicted octanol–water partition coefficient (Wildman–Crippen LogP) is 4.71. The van der Waals surface area contributed by atoms with Crippen LogP contribution in [0.5, 0.6) is 5.75 Å². The molecular weight excluding hydrogens is 486 g/mol. The molecule has 0 saturated carbocycles. The van der Waals surface area contributed by atoms with Crippen LogP contribution in [0.3, 0.4) is 0 Å². The summed E-state index contributed by atoms with van der Waals surface area (Å²) in [5, 5.41) is 1.97. The van der Waals surface area contributed by atoms with Crippen LogP contribution in [-0.4, -0.2) is 61.6 Å². The number of ether oxygens (including phenoxy) is 2. The zero-order chi connectivity index (χ0) is 25.5. The van der Waals surface area contributed by atoms with E-state index in [0.29, 0.717) is 26.0 Å². The van der Waals surface area contributed by atoms with Crippen LogP contribution in [0.15, 0.2) is 60.0 Å². The lowest BCUT2D eigenvalue weighted by atomic mass is 10.0. The van der Waals surface area contributed by atoms with Crippen LogP contribution in [-0.2, 0) is 16.0 Å². The van der Waals surface area contributed by atoms with Crippen LogP contribution in [0, 0.1) is 11.6 Å². The summed E-state index contributed by atoms with van der Waals surface area (Å²) in [5.41, 5.74) is 0.878. The third kappa shape index (κ3) is 5.91. The highest BCUT2D eigenvalue weighted by Crippen LogP contribution is 2.34. The van der Waals surface area contributed by atoms with Gasteiger partial charge in [-0.15, -0.1) is 11.3 Å². The lowest BCUT2D eigenvalue weighted by Gasteiger charge is -2.37. The molecule has 1 aliphatic heterocycles. The molecule has 0 aliphatic carbocycles. The van der Waals surface area contributed by atoms with E-state index in [0.717, 1.165) is 10.4 Å². The predicted molar refractivity (Wildman–Crippen MR) is 133 cm³/mol. The van der Waals surface area contributed by atoms with E-state index in [4.69, 9.17) is 9.47 Å². The van der Waals surface area contributed by atoms with Gasteiger partial charge in [-0.25, -0.2) is 8.78 Å². The van der Waals surface area contributed by atoms with E-state index in [9.17, 15) is 18.4 Å². The SMILES string of the molecule is COCCCN(CC(=O)N1CCc2sccc2[C@H]1COc1ccccc1F)C(=O)c1ccccc1F. The van der Waals surface area contributed by atoms with Gasteiger partial charge in [0.05, 0.1) is 11.6 Å². The summed E-state index contributed by atoms with van der Waals surface area (Å²) in [5.74, 6) is -1.83. The number of methoxy groups -OCH3 is 1. The van der Waals surface area contributed by atoms with Crippen molar-refractivity contribution in [3.05, 3.63) is 87.6 Å². The van der Waals surface area contributed by atoms with Gasteiger partial charge < -0.3 is 19.3 Å². The third-order valence-electron chi connectivity index (χ3n) is 6.14. The highest BCUT2D eigenvalue weighted by Gasteiger charge is 2.34. The first-order valence-electron chi connectivity index (χ1n) is 11.8. The lowest BCUT2D eigenvalue weighted by Crippen LogP contribution is -2.48. The second kappa shape index (κ2) is 12.1. The number of carbonyl (C=O) groups excluding carboxylic acids is 2. The summed E-state index contributed by atoms with van der Waals surface area (Å²) in [6, 6.07) is 13.4. The number of amides is 2. The van der Waals surface area contributed by atoms with E-state index in [1.54, 1.807) is 47.6 Å². The molecule has 36 heavy (non-hydrogen) atoms. The highest BCUT2D eigenvalue weighted by atomic mass is 32.1. The molecule has 190 valence electrons. The van der Waals surface area contributed by atoms with E-state index < -0.39 is 23.6 Å². The molecule has 1 aliphatic rings. The maximum atomic E-state index is 14.4. The molecule has 0 fully saturated rings. The number of carbonyl (C=O) groups is 2. The number of thiophene rings is 1. The molecule has 0 bridgehead atoms. The van der Waals surface area contributed by atoms with Crippen molar-refractivity contribution >= 4 is 23.2 Å². The smallest absolute Gasteiger partial charge is 0.257 e. The topological polar surface area (TPSA) is 59.1 Å². The summed E-state index contributed by atoms with van der Waals surface area (Å²) >= 11 is 1.61. The first-order valence-corrected chi connectivity index (χ1v) is 12.6. The summed E-state index contributed by atoms with van der Waals surface area (Å²) in [6.07, 6.45) is 1.18. The largest absolute Gasteiger partial charge is 0.488 e. The number of para-hydroxylation sites is 1. The normalized spacial score (nSPS) is 14.9. The Labute approximate surface area is 213 Å². The lowest BCUT2D eigenvalue weighted by molar-refractivity contribution is -0.135. The molecule has 1 atom stereocenters. The highest BCUT2D eigenvalue weighted by molar-refractivity contribution is 7.10. The Hall–Kier alpha value is -3.30. The number of halogens is 2. The van der Waals surface area contributed by atoms with Crippen molar-refractivity contribution in [2.75, 3.05) is 40.0 Å². The molecule has 2 heterocycles. The zero-order valence-electron chi connectivity index (χ0n) is 20.0. The van der Waals surface area contributed by atoms with Gasteiger partial charge >= 0.3 is 0 Å². The first kappa shape index (κ1) is 25.8. The summed E-state index contributed by atoms with van der Waals surface area (Å²) < 4.78 is 39.4. The fraction of sp³-hybridized carbons (Fsp3) is 0.333. The van der Waals surface area contributed by atoms with Gasteiger partial charge in [-0.1, -0.05) is 24.3 Å². The maximum Gasteiger partial charge on any atom is 0.257 e. The van der Waals surface area contributed by atoms with Crippen molar-refractivity contribution in [1.82, 2.24) is 9.80 Å². The number of rotatable bonds is 10. The van der Waals surface area contributed by atoms with Gasteiger partial charge in [0.25, 0.3) is 5.91 Å². The molecule has 2 amide bonds. The second-order valence-electron chi connectivity index (χ2n) is 8.45. The van der Waals surface area contributed by atoms with Crippen molar-refractivity contribution < 1.29 is 27.8 Å². The van der Waals surface area contributed by atoms with Crippen molar-refractivity contribution in [3.8, 4) is 5.75 Å². The molecule has 2 aromatic carbocycles. The van der Waals surface area contributed by atoms with E-state index in [2.05, 4.69) is 0 Å². The average Bonchev–Trinajstić information content (AvgIpc) is 3.37. The molecule has 0 unspecified atom stereocenters. The molecule has 0 radical (unpaired) electrons. The molecule has 6 nitrogen and oxygen atoms in total. The Morgan fingerprint density at radius 3 is 2.58 bits per heavy atom. The molecule has 0 saturated heterocycles. The van der Waals surface area contributed by atoms with Gasteiger partial charge in [-0.2, -0.15) is 0 Å².